The van der Waals surface area contributed by atoms with Crippen molar-refractivity contribution >= 4 is 10.8 Å². The summed E-state index contributed by atoms with van der Waals surface area (Å²) in [6.07, 6.45) is 1.93. The molecule has 0 atom stereocenters. The fraction of sp³-hybridized carbons (Fsp3) is 0.182. The molecular formula is C44H39IrN4-. The topological polar surface area (TPSA) is 51.6 Å². The maximum absolute atomic E-state index is 4.99. The summed E-state index contributed by atoms with van der Waals surface area (Å²) in [6.45, 7) is 13.3. The first-order chi connectivity index (χ1) is 23.0. The Bertz CT molecular complexity index is 2150. The van der Waals surface area contributed by atoms with E-state index in [1.54, 1.807) is 0 Å². The Morgan fingerprint density at radius 2 is 0.918 bits per heavy atom. The summed E-state index contributed by atoms with van der Waals surface area (Å²) in [5.41, 5.74) is 9.59. The number of hydrogen-bond acceptors (Lipinski definition) is 4. The molecule has 0 spiro atoms. The summed E-state index contributed by atoms with van der Waals surface area (Å²) in [5.74, 6) is 1.96. The maximum atomic E-state index is 4.99. The molecule has 7 aromatic rings. The number of rotatable bonds is 5. The molecule has 0 aliphatic rings. The van der Waals surface area contributed by atoms with Gasteiger partial charge in [-0.1, -0.05) is 145 Å². The van der Waals surface area contributed by atoms with Crippen molar-refractivity contribution < 1.29 is 20.1 Å². The van der Waals surface area contributed by atoms with Gasteiger partial charge >= 0.3 is 0 Å². The van der Waals surface area contributed by atoms with Crippen LogP contribution in [0.2, 0.25) is 0 Å². The van der Waals surface area contributed by atoms with Gasteiger partial charge in [0.1, 0.15) is 0 Å². The fourth-order valence-corrected chi connectivity index (χ4v) is 5.84. The van der Waals surface area contributed by atoms with Crippen molar-refractivity contribution in [2.24, 2.45) is 0 Å². The summed E-state index contributed by atoms with van der Waals surface area (Å²) in [6, 6.07) is 45.6. The third-order valence-electron chi connectivity index (χ3n) is 8.84. The Morgan fingerprint density at radius 1 is 0.469 bits per heavy atom. The van der Waals surface area contributed by atoms with Crippen LogP contribution in [-0.4, -0.2) is 19.9 Å². The zero-order valence-electron chi connectivity index (χ0n) is 28.7. The largest absolute Gasteiger partial charge is 0.304 e. The predicted octanol–water partition coefficient (Wildman–Crippen LogP) is 11.1. The monoisotopic (exact) mass is 816 g/mol. The Morgan fingerprint density at radius 3 is 1.41 bits per heavy atom. The molecular weight excluding hydrogens is 777 g/mol. The Kier molecular flexibility index (Phi) is 9.44. The van der Waals surface area contributed by atoms with E-state index in [1.807, 2.05) is 18.3 Å². The first kappa shape index (κ1) is 34.0. The van der Waals surface area contributed by atoms with Crippen molar-refractivity contribution in [3.63, 3.8) is 0 Å². The Balaban J connectivity index is 0.00000417. The summed E-state index contributed by atoms with van der Waals surface area (Å²) < 4.78 is 0. The van der Waals surface area contributed by atoms with Gasteiger partial charge in [-0.25, -0.2) is 15.0 Å². The molecule has 2 heterocycles. The molecule has 49 heavy (non-hydrogen) atoms. The van der Waals surface area contributed by atoms with Crippen LogP contribution >= 0.6 is 0 Å². The number of aromatic nitrogens is 4. The van der Waals surface area contributed by atoms with E-state index in [1.165, 1.54) is 11.1 Å². The van der Waals surface area contributed by atoms with E-state index in [-0.39, 0.29) is 30.9 Å². The van der Waals surface area contributed by atoms with Crippen LogP contribution in [0.5, 0.6) is 0 Å². The first-order valence-electron chi connectivity index (χ1n) is 16.5. The number of pyridine rings is 1. The van der Waals surface area contributed by atoms with Crippen LogP contribution in [0, 0.1) is 6.07 Å². The van der Waals surface area contributed by atoms with Gasteiger partial charge in [-0.2, -0.15) is 0 Å². The second kappa shape index (κ2) is 13.6. The molecule has 0 saturated heterocycles. The molecule has 5 heteroatoms. The molecule has 0 amide bonds. The minimum absolute atomic E-state index is 0. The zero-order chi connectivity index (χ0) is 33.5. The van der Waals surface area contributed by atoms with Crippen LogP contribution in [0.3, 0.4) is 0 Å². The van der Waals surface area contributed by atoms with Crippen molar-refractivity contribution in [1.29, 1.82) is 0 Å². The van der Waals surface area contributed by atoms with E-state index in [0.717, 1.165) is 49.8 Å². The van der Waals surface area contributed by atoms with E-state index >= 15 is 0 Å². The zero-order valence-corrected chi connectivity index (χ0v) is 31.1. The number of nitrogens with zero attached hydrogens (tertiary/aromatic N) is 4. The van der Waals surface area contributed by atoms with Gasteiger partial charge in [-0.05, 0) is 44.0 Å². The summed E-state index contributed by atoms with van der Waals surface area (Å²) in [7, 11) is 0. The summed E-state index contributed by atoms with van der Waals surface area (Å²) in [4.78, 5) is 19.7. The van der Waals surface area contributed by atoms with E-state index in [9.17, 15) is 0 Å². The Hall–Kier alpha value is -4.83. The van der Waals surface area contributed by atoms with Gasteiger partial charge in [0.2, 0.25) is 0 Å². The average molecular weight is 816 g/mol. The predicted molar refractivity (Wildman–Crippen MR) is 199 cm³/mol. The standard InChI is InChI=1S/C44H39N4.Ir/c1-43(2,3)37-22-18-31(19-23-37)41-46-40(47-42(48-41)32-20-24-38(25-21-32)44(4,5)6)30-16-14-29(15-17-30)33-12-9-13-35(26-33)39-27-34-10-7-8-11-36(34)28-45-39;/h7-12,14-28H,1-6H3;/q-1;. The van der Waals surface area contributed by atoms with E-state index in [0.29, 0.717) is 17.5 Å². The van der Waals surface area contributed by atoms with Crippen molar-refractivity contribution in [1.82, 2.24) is 19.9 Å². The molecule has 0 unspecified atom stereocenters. The second-order valence-corrected chi connectivity index (χ2v) is 14.4. The smallest absolute Gasteiger partial charge is 0.164 e. The van der Waals surface area contributed by atoms with Gasteiger partial charge in [-0.15, -0.1) is 35.4 Å². The van der Waals surface area contributed by atoms with Gasteiger partial charge in [0.25, 0.3) is 0 Å². The number of hydrogen-bond donors (Lipinski definition) is 0. The van der Waals surface area contributed by atoms with Gasteiger partial charge in [0.05, 0.1) is 0 Å². The molecule has 7 rings (SSSR count). The first-order valence-corrected chi connectivity index (χ1v) is 16.5. The molecule has 0 bridgehead atoms. The molecule has 0 fully saturated rings. The maximum Gasteiger partial charge on any atom is 0.164 e. The van der Waals surface area contributed by atoms with Crippen molar-refractivity contribution in [2.45, 2.75) is 52.4 Å². The van der Waals surface area contributed by atoms with Crippen molar-refractivity contribution in [3.8, 4) is 56.5 Å². The summed E-state index contributed by atoms with van der Waals surface area (Å²) >= 11 is 0. The molecule has 0 N–H and O–H groups in total. The van der Waals surface area contributed by atoms with Crippen LogP contribution in [0.15, 0.2) is 128 Å². The van der Waals surface area contributed by atoms with Crippen LogP contribution in [0.25, 0.3) is 67.3 Å². The second-order valence-electron chi connectivity index (χ2n) is 14.4. The molecule has 245 valence electrons. The SMILES string of the molecule is CC(C)(C)c1ccc(-c2nc(-c3ccc(-c4cc[c-]c(-c5cc6ccccc6cn5)c4)cc3)nc(-c3ccc(C(C)(C)C)cc3)n2)cc1.[Ir]. The third-order valence-corrected chi connectivity index (χ3v) is 8.84. The summed E-state index contributed by atoms with van der Waals surface area (Å²) in [5, 5.41) is 2.29. The molecule has 5 aromatic carbocycles. The number of benzene rings is 5. The van der Waals surface area contributed by atoms with E-state index in [2.05, 4.69) is 157 Å². The molecule has 2 aromatic heterocycles. The van der Waals surface area contributed by atoms with E-state index in [4.69, 9.17) is 19.9 Å². The van der Waals surface area contributed by atoms with E-state index < -0.39 is 0 Å². The molecule has 0 saturated carbocycles. The number of fused-ring (bicyclic) bond motifs is 1. The minimum atomic E-state index is 0. The molecule has 0 aliphatic heterocycles. The van der Waals surface area contributed by atoms with Crippen LogP contribution < -0.4 is 0 Å². The molecule has 0 aliphatic carbocycles. The van der Waals surface area contributed by atoms with Crippen LogP contribution in [0.4, 0.5) is 0 Å². The normalized spacial score (nSPS) is 11.7. The Labute approximate surface area is 303 Å². The van der Waals surface area contributed by atoms with Crippen LogP contribution in [-0.2, 0) is 30.9 Å². The molecule has 4 nitrogen and oxygen atoms in total. The quantitative estimate of drug-likeness (QED) is 0.162. The third kappa shape index (κ3) is 7.44. The van der Waals surface area contributed by atoms with Crippen molar-refractivity contribution in [3.05, 3.63) is 145 Å². The molecule has 1 radical (unpaired) electrons. The van der Waals surface area contributed by atoms with Crippen molar-refractivity contribution in [2.75, 3.05) is 0 Å². The average Bonchev–Trinajstić information content (AvgIpc) is 3.11. The van der Waals surface area contributed by atoms with Gasteiger partial charge in [-0.3, -0.25) is 0 Å². The van der Waals surface area contributed by atoms with Crippen LogP contribution in [0.1, 0.15) is 52.7 Å². The fourth-order valence-electron chi connectivity index (χ4n) is 5.84. The minimum Gasteiger partial charge on any atom is -0.304 e. The van der Waals surface area contributed by atoms with Gasteiger partial charge in [0, 0.05) is 43.0 Å². The van der Waals surface area contributed by atoms with Gasteiger partial charge in [0.15, 0.2) is 17.5 Å². The van der Waals surface area contributed by atoms with Gasteiger partial charge < -0.3 is 4.98 Å².